The fourth-order valence-electron chi connectivity index (χ4n) is 2.07. The van der Waals surface area contributed by atoms with Gasteiger partial charge in [-0.3, -0.25) is 14.5 Å². The van der Waals surface area contributed by atoms with Crippen LogP contribution in [0.3, 0.4) is 0 Å². The topological polar surface area (TPSA) is 46.6 Å². The molecule has 4 nitrogen and oxygen atoms in total. The van der Waals surface area contributed by atoms with Gasteiger partial charge in [-0.05, 0) is 46.8 Å². The first kappa shape index (κ1) is 12.7. The average Bonchev–Trinajstić information content (AvgIpc) is 3.13. The number of rotatable bonds is 4. The van der Waals surface area contributed by atoms with Crippen LogP contribution in [0.25, 0.3) is 0 Å². The molecule has 100 valence electrons. The summed E-state index contributed by atoms with van der Waals surface area (Å²) in [6.07, 6.45) is 2.30. The van der Waals surface area contributed by atoms with Crippen LogP contribution in [0.1, 0.15) is 23.2 Å². The van der Waals surface area contributed by atoms with E-state index in [-0.39, 0.29) is 12.3 Å². The van der Waals surface area contributed by atoms with Gasteiger partial charge in [0.15, 0.2) is 0 Å². The number of fused-ring (bicyclic) bond motifs is 1. The maximum Gasteiger partial charge on any atom is 0.301 e. The highest BCUT2D eigenvalue weighted by atomic mass is 79.9. The normalized spacial score (nSPS) is 18.1. The average molecular weight is 328 g/mol. The maximum atomic E-state index is 13.3. The van der Waals surface area contributed by atoms with E-state index in [2.05, 4.69) is 15.9 Å². The molecule has 1 aliphatic carbocycles. The zero-order chi connectivity index (χ0) is 13.6. The predicted octanol–water partition coefficient (Wildman–Crippen LogP) is 2.50. The number of carbonyl (C=O) groups excluding carboxylic acids is 2. The molecule has 1 saturated carbocycles. The van der Waals surface area contributed by atoms with E-state index < -0.39 is 17.5 Å². The van der Waals surface area contributed by atoms with E-state index in [1.807, 2.05) is 0 Å². The number of carbonyl (C=O) groups is 2. The Hall–Kier alpha value is -1.27. The number of hydrogen-bond donors (Lipinski definition) is 0. The summed E-state index contributed by atoms with van der Waals surface area (Å²) in [5, 5.41) is 0. The Morgan fingerprint density at radius 2 is 2.11 bits per heavy atom. The second kappa shape index (κ2) is 4.68. The van der Waals surface area contributed by atoms with Crippen LogP contribution in [0.15, 0.2) is 16.6 Å². The van der Waals surface area contributed by atoms with Gasteiger partial charge >= 0.3 is 5.91 Å². The van der Waals surface area contributed by atoms with Crippen LogP contribution in [0.4, 0.5) is 10.1 Å². The highest BCUT2D eigenvalue weighted by Crippen LogP contribution is 2.37. The van der Waals surface area contributed by atoms with E-state index in [1.54, 1.807) is 0 Å². The molecule has 0 N–H and O–H groups in total. The highest BCUT2D eigenvalue weighted by Gasteiger charge is 2.38. The Morgan fingerprint density at radius 3 is 2.79 bits per heavy atom. The van der Waals surface area contributed by atoms with E-state index in [1.165, 1.54) is 11.0 Å². The molecule has 6 heteroatoms. The van der Waals surface area contributed by atoms with E-state index in [9.17, 15) is 14.0 Å². The van der Waals surface area contributed by atoms with Gasteiger partial charge in [-0.25, -0.2) is 4.39 Å². The Balaban J connectivity index is 1.85. The van der Waals surface area contributed by atoms with Gasteiger partial charge in [0.1, 0.15) is 12.5 Å². The van der Waals surface area contributed by atoms with E-state index in [4.69, 9.17) is 4.74 Å². The monoisotopic (exact) mass is 327 g/mol. The summed E-state index contributed by atoms with van der Waals surface area (Å²) in [4.78, 5) is 24.9. The third kappa shape index (κ3) is 2.30. The third-order valence-electron chi connectivity index (χ3n) is 3.25. The predicted molar refractivity (Wildman–Crippen MR) is 69.5 cm³/mol. The van der Waals surface area contributed by atoms with Crippen molar-refractivity contribution in [3.8, 4) is 0 Å². The Bertz CT molecular complexity index is 571. The summed E-state index contributed by atoms with van der Waals surface area (Å²) in [6, 6.07) is 2.32. The zero-order valence-electron chi connectivity index (χ0n) is 9.99. The molecule has 3 rings (SSSR count). The van der Waals surface area contributed by atoms with Crippen LogP contribution in [0.2, 0.25) is 0 Å². The molecular formula is C13H11BrFNO3. The van der Waals surface area contributed by atoms with E-state index in [0.29, 0.717) is 22.7 Å². The first-order valence-electron chi connectivity index (χ1n) is 6.01. The van der Waals surface area contributed by atoms with Crippen LogP contribution in [0.5, 0.6) is 0 Å². The molecule has 1 aromatic carbocycles. The molecule has 0 atom stereocenters. The zero-order valence-corrected chi connectivity index (χ0v) is 11.6. The minimum absolute atomic E-state index is 0.0261. The minimum Gasteiger partial charge on any atom is -0.360 e. The number of hydrogen-bond acceptors (Lipinski definition) is 3. The van der Waals surface area contributed by atoms with Gasteiger partial charge in [-0.1, -0.05) is 0 Å². The van der Waals surface area contributed by atoms with Crippen molar-refractivity contribution in [3.05, 3.63) is 28.0 Å². The van der Waals surface area contributed by atoms with Crippen molar-refractivity contribution in [2.24, 2.45) is 5.92 Å². The molecule has 1 amide bonds. The van der Waals surface area contributed by atoms with Crippen molar-refractivity contribution in [3.63, 3.8) is 0 Å². The summed E-state index contributed by atoms with van der Waals surface area (Å²) in [5.41, 5.74) is 0.485. The number of nitrogens with zero attached hydrogens (tertiary/aromatic N) is 1. The number of amides is 1. The number of ketones is 1. The Kier molecular flexibility index (Phi) is 3.14. The second-order valence-corrected chi connectivity index (χ2v) is 5.64. The lowest BCUT2D eigenvalue weighted by molar-refractivity contribution is -0.115. The molecule has 1 aliphatic heterocycles. The van der Waals surface area contributed by atoms with Crippen molar-refractivity contribution >= 4 is 33.3 Å². The standard InChI is InChI=1S/C13H11BrFNO3/c14-10-4-8(15)3-9-11(10)16(13(18)12(9)17)6-19-5-7-1-2-7/h3-4,7H,1-2,5-6H2. The lowest BCUT2D eigenvalue weighted by Gasteiger charge is -2.17. The largest absolute Gasteiger partial charge is 0.360 e. The van der Waals surface area contributed by atoms with Gasteiger partial charge in [0.05, 0.1) is 17.9 Å². The molecule has 1 aromatic rings. The highest BCUT2D eigenvalue weighted by molar-refractivity contribution is 9.10. The number of Topliss-reactive ketones (excluding diaryl/α,β-unsaturated/α-hetero) is 1. The molecule has 0 spiro atoms. The molecule has 1 fully saturated rings. The van der Waals surface area contributed by atoms with Crippen molar-refractivity contribution in [2.45, 2.75) is 12.8 Å². The molecule has 0 saturated heterocycles. The Labute approximate surface area is 117 Å². The van der Waals surface area contributed by atoms with Gasteiger partial charge in [0, 0.05) is 4.47 Å². The van der Waals surface area contributed by atoms with Crippen molar-refractivity contribution in [2.75, 3.05) is 18.2 Å². The minimum atomic E-state index is -0.690. The van der Waals surface area contributed by atoms with E-state index >= 15 is 0 Å². The summed E-state index contributed by atoms with van der Waals surface area (Å²) < 4.78 is 19.1. The van der Waals surface area contributed by atoms with E-state index in [0.717, 1.165) is 18.9 Å². The van der Waals surface area contributed by atoms with Crippen LogP contribution in [0, 0.1) is 11.7 Å². The smallest absolute Gasteiger partial charge is 0.301 e. The van der Waals surface area contributed by atoms with Crippen LogP contribution in [-0.4, -0.2) is 25.0 Å². The molecule has 2 aliphatic rings. The van der Waals surface area contributed by atoms with Gasteiger partial charge in [0.2, 0.25) is 0 Å². The summed E-state index contributed by atoms with van der Waals surface area (Å²) in [7, 11) is 0. The number of halogens is 2. The molecule has 0 bridgehead atoms. The summed E-state index contributed by atoms with van der Waals surface area (Å²) in [5.74, 6) is -1.33. The first-order valence-corrected chi connectivity index (χ1v) is 6.80. The molecule has 1 heterocycles. The van der Waals surface area contributed by atoms with Crippen molar-refractivity contribution in [1.29, 1.82) is 0 Å². The SMILES string of the molecule is O=C1C(=O)N(COCC2CC2)c2c(Br)cc(F)cc21. The fraction of sp³-hybridized carbons (Fsp3) is 0.385. The van der Waals surface area contributed by atoms with Crippen molar-refractivity contribution < 1.29 is 18.7 Å². The number of benzene rings is 1. The molecule has 0 radical (unpaired) electrons. The molecule has 0 unspecified atom stereocenters. The van der Waals surface area contributed by atoms with Gasteiger partial charge in [0.25, 0.3) is 5.78 Å². The van der Waals surface area contributed by atoms with Crippen LogP contribution < -0.4 is 4.90 Å². The first-order chi connectivity index (χ1) is 9.08. The van der Waals surface area contributed by atoms with Crippen LogP contribution >= 0.6 is 15.9 Å². The maximum absolute atomic E-state index is 13.3. The van der Waals surface area contributed by atoms with Gasteiger partial charge < -0.3 is 4.74 Å². The van der Waals surface area contributed by atoms with Crippen LogP contribution in [-0.2, 0) is 9.53 Å². The van der Waals surface area contributed by atoms with Gasteiger partial charge in [-0.15, -0.1) is 0 Å². The summed E-state index contributed by atoms with van der Waals surface area (Å²) >= 11 is 3.19. The lowest BCUT2D eigenvalue weighted by Crippen LogP contribution is -2.32. The summed E-state index contributed by atoms with van der Waals surface area (Å²) in [6.45, 7) is 0.615. The second-order valence-electron chi connectivity index (χ2n) is 4.79. The molecular weight excluding hydrogens is 317 g/mol. The third-order valence-corrected chi connectivity index (χ3v) is 3.86. The Morgan fingerprint density at radius 1 is 1.37 bits per heavy atom. The molecule has 0 aromatic heterocycles. The number of ether oxygens (including phenoxy) is 1. The quantitative estimate of drug-likeness (QED) is 0.798. The number of anilines is 1. The van der Waals surface area contributed by atoms with Crippen molar-refractivity contribution in [1.82, 2.24) is 0 Å². The molecule has 19 heavy (non-hydrogen) atoms. The lowest BCUT2D eigenvalue weighted by atomic mass is 10.1. The fourth-order valence-corrected chi connectivity index (χ4v) is 2.72. The van der Waals surface area contributed by atoms with Gasteiger partial charge in [-0.2, -0.15) is 0 Å².